The Kier molecular flexibility index (Phi) is 11.3. The van der Waals surface area contributed by atoms with Crippen LogP contribution in [0.3, 0.4) is 0 Å². The van der Waals surface area contributed by atoms with E-state index < -0.39 is 93.1 Å². The molecular formula is C15H10F18O8. The minimum atomic E-state index is -7.73. The molecule has 0 saturated heterocycles. The number of hydrogen-bond donors (Lipinski definition) is 1. The summed E-state index contributed by atoms with van der Waals surface area (Å²) < 4.78 is 257. The van der Waals surface area contributed by atoms with E-state index in [2.05, 4.69) is 9.47 Å². The van der Waals surface area contributed by atoms with Crippen molar-refractivity contribution >= 4 is 12.9 Å². The van der Waals surface area contributed by atoms with E-state index in [1.165, 1.54) is 0 Å². The number of aliphatic hydroxyl groups is 1. The second-order valence-corrected chi connectivity index (χ2v) is 7.06. The molecule has 0 aliphatic carbocycles. The molecule has 0 aromatic rings. The van der Waals surface area contributed by atoms with Gasteiger partial charge in [0.15, 0.2) is 13.2 Å². The first kappa shape index (κ1) is 38.5. The van der Waals surface area contributed by atoms with Crippen LogP contribution in [0.15, 0.2) is 0 Å². The second kappa shape index (κ2) is 12.0. The van der Waals surface area contributed by atoms with Gasteiger partial charge in [0.2, 0.25) is 5.92 Å². The Balaban J connectivity index is 7.05. The summed E-state index contributed by atoms with van der Waals surface area (Å²) in [6.07, 6.45) is -44.6. The number of halogens is 18. The average molecular weight is 660 g/mol. The van der Waals surface area contributed by atoms with Crippen LogP contribution in [-0.4, -0.2) is 92.3 Å². The molecule has 1 N–H and O–H groups in total. The van der Waals surface area contributed by atoms with Gasteiger partial charge in [-0.05, 0) is 0 Å². The summed E-state index contributed by atoms with van der Waals surface area (Å²) in [7, 11) is 0. The zero-order valence-corrected chi connectivity index (χ0v) is 18.5. The summed E-state index contributed by atoms with van der Waals surface area (Å²) in [4.78, 5) is 19.6. The van der Waals surface area contributed by atoms with Crippen molar-refractivity contribution in [1.82, 2.24) is 0 Å². The van der Waals surface area contributed by atoms with Crippen molar-refractivity contribution in [1.29, 1.82) is 0 Å². The fourth-order valence-electron chi connectivity index (χ4n) is 2.04. The van der Waals surface area contributed by atoms with E-state index >= 15 is 0 Å². The third-order valence-corrected chi connectivity index (χ3v) is 3.94. The van der Waals surface area contributed by atoms with Crippen LogP contribution in [0.4, 0.5) is 79.0 Å². The SMILES string of the molecule is O=COCC(F)(F)C(F)(F)OC(F)(F)C(C(F)(F)OC(F)(F)C(F)(F)CO)C(F)(F)OC(F)(F)C(F)(F)COC=O. The van der Waals surface area contributed by atoms with Gasteiger partial charge in [-0.2, -0.15) is 79.0 Å². The molecule has 0 atom stereocenters. The largest absolute Gasteiger partial charge is 0.461 e. The summed E-state index contributed by atoms with van der Waals surface area (Å²) in [5, 5.41) is 8.07. The van der Waals surface area contributed by atoms with Crippen LogP contribution in [0.5, 0.6) is 0 Å². The Bertz CT molecular complexity index is 845. The zero-order chi connectivity index (χ0) is 33.1. The van der Waals surface area contributed by atoms with Crippen LogP contribution in [0.1, 0.15) is 0 Å². The summed E-state index contributed by atoms with van der Waals surface area (Å²) in [6, 6.07) is 0. The first-order chi connectivity index (χ1) is 17.9. The van der Waals surface area contributed by atoms with Crippen molar-refractivity contribution in [3.8, 4) is 0 Å². The van der Waals surface area contributed by atoms with Crippen LogP contribution in [0.25, 0.3) is 0 Å². The van der Waals surface area contributed by atoms with Gasteiger partial charge in [0.1, 0.15) is 6.61 Å². The number of hydrogen-bond acceptors (Lipinski definition) is 8. The molecule has 244 valence electrons. The number of carbonyl (C=O) groups excluding carboxylic acids is 2. The highest BCUT2D eigenvalue weighted by Gasteiger charge is 2.79. The van der Waals surface area contributed by atoms with E-state index in [4.69, 9.17) is 5.11 Å². The van der Waals surface area contributed by atoms with E-state index in [-0.39, 0.29) is 0 Å². The van der Waals surface area contributed by atoms with Crippen molar-refractivity contribution < 1.29 is 117 Å². The van der Waals surface area contributed by atoms with Crippen LogP contribution in [0.2, 0.25) is 0 Å². The maximum atomic E-state index is 14.2. The minimum Gasteiger partial charge on any atom is -0.461 e. The van der Waals surface area contributed by atoms with E-state index in [1.807, 2.05) is 0 Å². The van der Waals surface area contributed by atoms with Gasteiger partial charge < -0.3 is 14.6 Å². The normalized spacial score (nSPS) is 15.2. The van der Waals surface area contributed by atoms with Crippen LogP contribution >= 0.6 is 0 Å². The highest BCUT2D eigenvalue weighted by atomic mass is 19.4. The lowest BCUT2D eigenvalue weighted by molar-refractivity contribution is -0.541. The minimum absolute atomic E-state index is 1.09. The predicted molar refractivity (Wildman–Crippen MR) is 82.4 cm³/mol. The molecule has 0 aromatic heterocycles. The molecule has 0 aliphatic heterocycles. The molecular weight excluding hydrogens is 650 g/mol. The number of aliphatic hydroxyl groups excluding tert-OH is 1. The van der Waals surface area contributed by atoms with Gasteiger partial charge in [-0.1, -0.05) is 0 Å². The number of carbonyl (C=O) groups is 2. The number of rotatable bonds is 19. The standard InChI is InChI=1S/C15H10F18O8/c16-7(17,1-34)13(28,29)39-10(22,23)6(11(24,25)40-14(30,31)8(18,19)2-37-4-35)12(26,27)41-15(32,33)9(20,21)3-38-5-36/h4-6,34H,1-3H2. The van der Waals surface area contributed by atoms with Crippen molar-refractivity contribution in [3.05, 3.63) is 0 Å². The summed E-state index contributed by atoms with van der Waals surface area (Å²) in [6.45, 7) is -11.5. The molecule has 0 heterocycles. The molecule has 26 heteroatoms. The highest BCUT2D eigenvalue weighted by Crippen LogP contribution is 2.56. The van der Waals surface area contributed by atoms with E-state index in [9.17, 15) is 88.6 Å². The van der Waals surface area contributed by atoms with Crippen LogP contribution in [0, 0.1) is 5.92 Å². The molecule has 0 fully saturated rings. The van der Waals surface area contributed by atoms with Gasteiger partial charge in [-0.15, -0.1) is 0 Å². The van der Waals surface area contributed by atoms with Crippen LogP contribution in [-0.2, 0) is 33.3 Å². The lowest BCUT2D eigenvalue weighted by atomic mass is 10.1. The Morgan fingerprint density at radius 3 is 0.951 bits per heavy atom. The van der Waals surface area contributed by atoms with Crippen LogP contribution < -0.4 is 0 Å². The molecule has 0 spiro atoms. The van der Waals surface area contributed by atoms with Crippen molar-refractivity contribution in [2.45, 2.75) is 54.4 Å². The van der Waals surface area contributed by atoms with E-state index in [0.717, 1.165) is 0 Å². The smallest absolute Gasteiger partial charge is 0.427 e. The Hall–Kier alpha value is -2.48. The maximum absolute atomic E-state index is 14.2. The first-order valence-corrected chi connectivity index (χ1v) is 9.14. The Morgan fingerprint density at radius 2 is 0.732 bits per heavy atom. The lowest BCUT2D eigenvalue weighted by Crippen LogP contribution is -2.64. The fourth-order valence-corrected chi connectivity index (χ4v) is 2.04. The van der Waals surface area contributed by atoms with E-state index in [1.54, 1.807) is 14.2 Å². The zero-order valence-electron chi connectivity index (χ0n) is 18.5. The molecule has 8 nitrogen and oxygen atoms in total. The molecule has 0 bridgehead atoms. The number of alkyl halides is 18. The molecule has 0 radical (unpaired) electrons. The van der Waals surface area contributed by atoms with Gasteiger partial charge in [0, 0.05) is 0 Å². The summed E-state index contributed by atoms with van der Waals surface area (Å²) >= 11 is 0. The molecule has 41 heavy (non-hydrogen) atoms. The maximum Gasteiger partial charge on any atom is 0.427 e. The predicted octanol–water partition coefficient (Wildman–Crippen LogP) is 4.45. The quantitative estimate of drug-likeness (QED) is 0.160. The Labute approximate surface area is 212 Å². The monoisotopic (exact) mass is 660 g/mol. The lowest BCUT2D eigenvalue weighted by Gasteiger charge is -2.40. The van der Waals surface area contributed by atoms with Crippen molar-refractivity contribution in [2.24, 2.45) is 5.92 Å². The van der Waals surface area contributed by atoms with Gasteiger partial charge in [-0.25, -0.2) is 14.2 Å². The third kappa shape index (κ3) is 8.76. The van der Waals surface area contributed by atoms with Crippen molar-refractivity contribution in [3.63, 3.8) is 0 Å². The molecule has 0 saturated carbocycles. The van der Waals surface area contributed by atoms with Crippen molar-refractivity contribution in [2.75, 3.05) is 19.8 Å². The first-order valence-electron chi connectivity index (χ1n) is 9.14. The third-order valence-electron chi connectivity index (χ3n) is 3.94. The number of ether oxygens (including phenoxy) is 5. The molecule has 0 unspecified atom stereocenters. The second-order valence-electron chi connectivity index (χ2n) is 7.06. The molecule has 0 amide bonds. The van der Waals surface area contributed by atoms with Gasteiger partial charge in [-0.3, -0.25) is 9.59 Å². The van der Waals surface area contributed by atoms with E-state index in [0.29, 0.717) is 0 Å². The fraction of sp³-hybridized carbons (Fsp3) is 0.867. The average Bonchev–Trinajstić information content (AvgIpc) is 2.72. The topological polar surface area (TPSA) is 101 Å². The molecule has 0 rings (SSSR count). The van der Waals surface area contributed by atoms with Gasteiger partial charge >= 0.3 is 54.4 Å². The van der Waals surface area contributed by atoms with Gasteiger partial charge in [0.05, 0.1) is 0 Å². The summed E-state index contributed by atoms with van der Waals surface area (Å²) in [5.74, 6) is -25.9. The highest BCUT2D eigenvalue weighted by molar-refractivity contribution is 5.37. The van der Waals surface area contributed by atoms with Gasteiger partial charge in [0.25, 0.3) is 12.9 Å². The molecule has 0 aromatic carbocycles. The summed E-state index contributed by atoms with van der Waals surface area (Å²) in [5.41, 5.74) is 0. The molecule has 0 aliphatic rings. The Morgan fingerprint density at radius 1 is 0.488 bits per heavy atom.